The fourth-order valence-corrected chi connectivity index (χ4v) is 1.79. The zero-order valence-electron chi connectivity index (χ0n) is 9.88. The summed E-state index contributed by atoms with van der Waals surface area (Å²) in [5.74, 6) is 0. The fraction of sp³-hybridized carbons (Fsp3) is 0.462. The molecule has 1 rings (SSSR count). The van der Waals surface area contributed by atoms with Crippen molar-refractivity contribution >= 4 is 0 Å². The molecule has 1 heterocycles. The van der Waals surface area contributed by atoms with Gasteiger partial charge in [0.1, 0.15) is 0 Å². The van der Waals surface area contributed by atoms with Gasteiger partial charge in [-0.25, -0.2) is 0 Å². The minimum atomic E-state index is 0.337. The lowest BCUT2D eigenvalue weighted by atomic mass is 10.0. The molecule has 0 amide bonds. The summed E-state index contributed by atoms with van der Waals surface area (Å²) in [6, 6.07) is 2.52. The molecule has 0 aliphatic rings. The Hall–Kier alpha value is -1.15. The molecule has 2 nitrogen and oxygen atoms in total. The van der Waals surface area contributed by atoms with E-state index in [-0.39, 0.29) is 0 Å². The van der Waals surface area contributed by atoms with E-state index in [0.29, 0.717) is 6.04 Å². The van der Waals surface area contributed by atoms with Crippen LogP contribution in [0.1, 0.15) is 35.7 Å². The zero-order chi connectivity index (χ0) is 11.3. The van der Waals surface area contributed by atoms with Crippen molar-refractivity contribution in [3.63, 3.8) is 0 Å². The Morgan fingerprint density at radius 3 is 2.80 bits per heavy atom. The Balaban J connectivity index is 2.86. The van der Waals surface area contributed by atoms with Crippen LogP contribution >= 0.6 is 0 Å². The van der Waals surface area contributed by atoms with Crippen LogP contribution in [0.25, 0.3) is 0 Å². The molecule has 82 valence electrons. The normalized spacial score (nSPS) is 12.5. The number of nitrogens with zero attached hydrogens (tertiary/aromatic N) is 1. The van der Waals surface area contributed by atoms with Crippen molar-refractivity contribution in [3.05, 3.63) is 41.7 Å². The number of pyridine rings is 1. The molecular weight excluding hydrogens is 184 g/mol. The minimum absolute atomic E-state index is 0.337. The lowest BCUT2D eigenvalue weighted by Gasteiger charge is -2.17. The van der Waals surface area contributed by atoms with E-state index >= 15 is 0 Å². The molecule has 0 fully saturated rings. The number of allylic oxidation sites excluding steroid dienone is 1. The first-order valence-corrected chi connectivity index (χ1v) is 5.40. The lowest BCUT2D eigenvalue weighted by molar-refractivity contribution is 0.537. The van der Waals surface area contributed by atoms with Gasteiger partial charge in [0.2, 0.25) is 0 Å². The van der Waals surface area contributed by atoms with Crippen LogP contribution in [0.15, 0.2) is 24.9 Å². The first kappa shape index (κ1) is 11.9. The lowest BCUT2D eigenvalue weighted by Crippen LogP contribution is -2.18. The highest BCUT2D eigenvalue weighted by Gasteiger charge is 2.12. The number of rotatable bonds is 5. The van der Waals surface area contributed by atoms with Gasteiger partial charge < -0.3 is 5.32 Å². The van der Waals surface area contributed by atoms with Crippen molar-refractivity contribution in [2.45, 2.75) is 32.7 Å². The maximum atomic E-state index is 4.51. The van der Waals surface area contributed by atoms with Crippen molar-refractivity contribution in [2.75, 3.05) is 7.05 Å². The number of nitrogens with one attached hydrogen (secondary N) is 1. The van der Waals surface area contributed by atoms with Gasteiger partial charge in [-0.3, -0.25) is 4.98 Å². The van der Waals surface area contributed by atoms with Gasteiger partial charge in [-0.2, -0.15) is 0 Å². The molecule has 1 aromatic rings. The molecule has 2 heteroatoms. The van der Waals surface area contributed by atoms with E-state index in [1.807, 2.05) is 19.3 Å². The van der Waals surface area contributed by atoms with E-state index in [1.165, 1.54) is 11.1 Å². The molecule has 0 aliphatic heterocycles. The second kappa shape index (κ2) is 5.66. The Morgan fingerprint density at radius 1 is 1.53 bits per heavy atom. The van der Waals surface area contributed by atoms with Crippen LogP contribution in [0.4, 0.5) is 0 Å². The molecule has 1 unspecified atom stereocenters. The fourth-order valence-electron chi connectivity index (χ4n) is 1.79. The Kier molecular flexibility index (Phi) is 4.50. The van der Waals surface area contributed by atoms with Gasteiger partial charge in [0, 0.05) is 12.2 Å². The van der Waals surface area contributed by atoms with E-state index in [9.17, 15) is 0 Å². The van der Waals surface area contributed by atoms with Crippen LogP contribution in [-0.4, -0.2) is 12.0 Å². The van der Waals surface area contributed by atoms with Gasteiger partial charge >= 0.3 is 0 Å². The summed E-state index contributed by atoms with van der Waals surface area (Å²) >= 11 is 0. The molecule has 0 saturated carbocycles. The SMILES string of the molecule is C=CCCC(NC)c1ncc(C)cc1C. The first-order chi connectivity index (χ1) is 7.19. The highest BCUT2D eigenvalue weighted by molar-refractivity contribution is 5.25. The van der Waals surface area contributed by atoms with Gasteiger partial charge in [0.15, 0.2) is 0 Å². The first-order valence-electron chi connectivity index (χ1n) is 5.40. The summed E-state index contributed by atoms with van der Waals surface area (Å²) in [5, 5.41) is 3.30. The Bertz CT molecular complexity index is 331. The van der Waals surface area contributed by atoms with Crippen molar-refractivity contribution in [1.82, 2.24) is 10.3 Å². The van der Waals surface area contributed by atoms with Crippen molar-refractivity contribution in [3.8, 4) is 0 Å². The second-order valence-corrected chi connectivity index (χ2v) is 3.92. The maximum Gasteiger partial charge on any atom is 0.0602 e. The predicted molar refractivity (Wildman–Crippen MR) is 64.9 cm³/mol. The second-order valence-electron chi connectivity index (χ2n) is 3.92. The van der Waals surface area contributed by atoms with Crippen LogP contribution in [0.2, 0.25) is 0 Å². The summed E-state index contributed by atoms with van der Waals surface area (Å²) in [5.41, 5.74) is 3.64. The standard InChI is InChI=1S/C13H20N2/c1-5-6-7-12(14-4)13-11(3)8-10(2)9-15-13/h5,8-9,12,14H,1,6-7H2,2-4H3. The van der Waals surface area contributed by atoms with E-state index in [4.69, 9.17) is 0 Å². The summed E-state index contributed by atoms with van der Waals surface area (Å²) < 4.78 is 0. The highest BCUT2D eigenvalue weighted by atomic mass is 14.9. The summed E-state index contributed by atoms with van der Waals surface area (Å²) in [6.07, 6.45) is 5.95. The maximum absolute atomic E-state index is 4.51. The van der Waals surface area contributed by atoms with Gasteiger partial charge in [-0.05, 0) is 44.9 Å². The number of hydrogen-bond donors (Lipinski definition) is 1. The van der Waals surface area contributed by atoms with Crippen LogP contribution in [0.3, 0.4) is 0 Å². The topological polar surface area (TPSA) is 24.9 Å². The quantitative estimate of drug-likeness (QED) is 0.746. The third kappa shape index (κ3) is 3.17. The van der Waals surface area contributed by atoms with Gasteiger partial charge in [-0.15, -0.1) is 6.58 Å². The number of aryl methyl sites for hydroxylation is 2. The van der Waals surface area contributed by atoms with E-state index in [2.05, 4.69) is 36.8 Å². The van der Waals surface area contributed by atoms with Crippen molar-refractivity contribution in [2.24, 2.45) is 0 Å². The smallest absolute Gasteiger partial charge is 0.0602 e. The molecule has 0 aromatic carbocycles. The van der Waals surface area contributed by atoms with Crippen LogP contribution < -0.4 is 5.32 Å². The number of aromatic nitrogens is 1. The van der Waals surface area contributed by atoms with Gasteiger partial charge in [-0.1, -0.05) is 12.1 Å². The highest BCUT2D eigenvalue weighted by Crippen LogP contribution is 2.20. The van der Waals surface area contributed by atoms with Gasteiger partial charge in [0.25, 0.3) is 0 Å². The van der Waals surface area contributed by atoms with E-state index in [1.54, 1.807) is 0 Å². The summed E-state index contributed by atoms with van der Waals surface area (Å²) in [4.78, 5) is 4.51. The van der Waals surface area contributed by atoms with Crippen molar-refractivity contribution < 1.29 is 0 Å². The van der Waals surface area contributed by atoms with Gasteiger partial charge in [0.05, 0.1) is 5.69 Å². The molecule has 15 heavy (non-hydrogen) atoms. The molecule has 0 aliphatic carbocycles. The summed E-state index contributed by atoms with van der Waals surface area (Å²) in [7, 11) is 1.98. The third-order valence-corrected chi connectivity index (χ3v) is 2.59. The Morgan fingerprint density at radius 2 is 2.27 bits per heavy atom. The monoisotopic (exact) mass is 204 g/mol. The number of hydrogen-bond acceptors (Lipinski definition) is 2. The molecule has 1 aromatic heterocycles. The largest absolute Gasteiger partial charge is 0.312 e. The van der Waals surface area contributed by atoms with Crippen LogP contribution in [0, 0.1) is 13.8 Å². The summed E-state index contributed by atoms with van der Waals surface area (Å²) in [6.45, 7) is 7.94. The molecular formula is C13H20N2. The average Bonchev–Trinajstić information content (AvgIpc) is 2.21. The molecule has 0 saturated heterocycles. The molecule has 1 N–H and O–H groups in total. The molecule has 1 atom stereocenters. The predicted octanol–water partition coefficient (Wildman–Crippen LogP) is 2.93. The average molecular weight is 204 g/mol. The molecule has 0 radical (unpaired) electrons. The van der Waals surface area contributed by atoms with Crippen LogP contribution in [-0.2, 0) is 0 Å². The van der Waals surface area contributed by atoms with Crippen LogP contribution in [0.5, 0.6) is 0 Å². The van der Waals surface area contributed by atoms with E-state index in [0.717, 1.165) is 18.5 Å². The zero-order valence-corrected chi connectivity index (χ0v) is 9.88. The van der Waals surface area contributed by atoms with E-state index < -0.39 is 0 Å². The third-order valence-electron chi connectivity index (χ3n) is 2.59. The molecule has 0 bridgehead atoms. The van der Waals surface area contributed by atoms with Crippen molar-refractivity contribution in [1.29, 1.82) is 0 Å². The minimum Gasteiger partial charge on any atom is -0.312 e. The Labute approximate surface area is 92.4 Å². The molecule has 0 spiro atoms.